The van der Waals surface area contributed by atoms with Crippen molar-refractivity contribution in [2.45, 2.75) is 19.5 Å². The molecule has 0 saturated carbocycles. The standard InChI is InChI=1S/C14H22N2O/c1-15-11-13-5-2-3-6-14(13)12-16-7-4-9-17-10-8-16/h2-3,5-6,15H,4,7-12H2,1H3. The summed E-state index contributed by atoms with van der Waals surface area (Å²) < 4.78 is 5.49. The third-order valence-electron chi connectivity index (χ3n) is 3.19. The first kappa shape index (κ1) is 12.6. The van der Waals surface area contributed by atoms with Crippen LogP contribution >= 0.6 is 0 Å². The Bertz CT molecular complexity index is 333. The van der Waals surface area contributed by atoms with E-state index >= 15 is 0 Å². The molecule has 1 aromatic rings. The molecule has 3 heteroatoms. The van der Waals surface area contributed by atoms with E-state index in [1.165, 1.54) is 11.1 Å². The number of hydrogen-bond acceptors (Lipinski definition) is 3. The molecule has 0 amide bonds. The summed E-state index contributed by atoms with van der Waals surface area (Å²) in [6, 6.07) is 8.68. The number of rotatable bonds is 4. The zero-order valence-electron chi connectivity index (χ0n) is 10.6. The normalized spacial score (nSPS) is 17.9. The van der Waals surface area contributed by atoms with E-state index in [-0.39, 0.29) is 0 Å². The van der Waals surface area contributed by atoms with Crippen molar-refractivity contribution < 1.29 is 4.74 Å². The second kappa shape index (κ2) is 6.74. The predicted octanol–water partition coefficient (Wildman–Crippen LogP) is 1.63. The lowest BCUT2D eigenvalue weighted by atomic mass is 10.1. The maximum absolute atomic E-state index is 5.49. The van der Waals surface area contributed by atoms with Gasteiger partial charge in [-0.15, -0.1) is 0 Å². The number of nitrogens with one attached hydrogen (secondary N) is 1. The summed E-state index contributed by atoms with van der Waals surface area (Å²) in [4.78, 5) is 2.49. The molecule has 1 aliphatic heterocycles. The summed E-state index contributed by atoms with van der Waals surface area (Å²) in [5.74, 6) is 0. The Morgan fingerprint density at radius 1 is 1.18 bits per heavy atom. The first-order valence-corrected chi connectivity index (χ1v) is 6.41. The molecule has 0 atom stereocenters. The Labute approximate surface area is 104 Å². The van der Waals surface area contributed by atoms with Crippen LogP contribution < -0.4 is 5.32 Å². The molecule has 94 valence electrons. The second-order valence-electron chi connectivity index (χ2n) is 4.54. The number of ether oxygens (including phenoxy) is 1. The quantitative estimate of drug-likeness (QED) is 0.857. The summed E-state index contributed by atoms with van der Waals surface area (Å²) in [5.41, 5.74) is 2.84. The van der Waals surface area contributed by atoms with E-state index in [1.54, 1.807) is 0 Å². The molecule has 0 spiro atoms. The highest BCUT2D eigenvalue weighted by Gasteiger charge is 2.11. The van der Waals surface area contributed by atoms with Gasteiger partial charge in [-0.25, -0.2) is 0 Å². The Balaban J connectivity index is 2.00. The fourth-order valence-corrected chi connectivity index (χ4v) is 2.27. The van der Waals surface area contributed by atoms with Crippen LogP contribution in [-0.4, -0.2) is 38.3 Å². The van der Waals surface area contributed by atoms with Gasteiger partial charge in [-0.2, -0.15) is 0 Å². The average molecular weight is 234 g/mol. The molecule has 1 fully saturated rings. The highest BCUT2D eigenvalue weighted by Crippen LogP contribution is 2.12. The van der Waals surface area contributed by atoms with Gasteiger partial charge in [-0.05, 0) is 24.6 Å². The van der Waals surface area contributed by atoms with E-state index in [1.807, 2.05) is 7.05 Å². The highest BCUT2D eigenvalue weighted by atomic mass is 16.5. The maximum Gasteiger partial charge on any atom is 0.0593 e. The lowest BCUT2D eigenvalue weighted by Crippen LogP contribution is -2.26. The van der Waals surface area contributed by atoms with Crippen LogP contribution in [0.1, 0.15) is 17.5 Å². The van der Waals surface area contributed by atoms with Crippen molar-refractivity contribution in [1.29, 1.82) is 0 Å². The van der Waals surface area contributed by atoms with Crippen LogP contribution in [0.4, 0.5) is 0 Å². The van der Waals surface area contributed by atoms with Crippen molar-refractivity contribution in [3.63, 3.8) is 0 Å². The van der Waals surface area contributed by atoms with Crippen LogP contribution in [0.2, 0.25) is 0 Å². The van der Waals surface area contributed by atoms with Crippen molar-refractivity contribution in [3.05, 3.63) is 35.4 Å². The molecule has 0 aliphatic carbocycles. The largest absolute Gasteiger partial charge is 0.380 e. The van der Waals surface area contributed by atoms with Crippen LogP contribution in [0.15, 0.2) is 24.3 Å². The predicted molar refractivity (Wildman–Crippen MR) is 69.9 cm³/mol. The van der Waals surface area contributed by atoms with Crippen molar-refractivity contribution >= 4 is 0 Å². The number of hydrogen-bond donors (Lipinski definition) is 1. The van der Waals surface area contributed by atoms with Gasteiger partial charge in [-0.1, -0.05) is 24.3 Å². The van der Waals surface area contributed by atoms with Gasteiger partial charge in [0.25, 0.3) is 0 Å². The van der Waals surface area contributed by atoms with Crippen LogP contribution in [0.5, 0.6) is 0 Å². The fourth-order valence-electron chi connectivity index (χ4n) is 2.27. The summed E-state index contributed by atoms with van der Waals surface area (Å²) in [5, 5.41) is 3.23. The van der Waals surface area contributed by atoms with Gasteiger partial charge in [0.1, 0.15) is 0 Å². The first-order valence-electron chi connectivity index (χ1n) is 6.41. The van der Waals surface area contributed by atoms with Gasteiger partial charge >= 0.3 is 0 Å². The van der Waals surface area contributed by atoms with Gasteiger partial charge in [-0.3, -0.25) is 4.90 Å². The third-order valence-corrected chi connectivity index (χ3v) is 3.19. The highest BCUT2D eigenvalue weighted by molar-refractivity contribution is 5.26. The van der Waals surface area contributed by atoms with Gasteiger partial charge in [0.2, 0.25) is 0 Å². The van der Waals surface area contributed by atoms with E-state index in [0.717, 1.165) is 45.8 Å². The smallest absolute Gasteiger partial charge is 0.0593 e. The molecule has 1 aliphatic rings. The van der Waals surface area contributed by atoms with E-state index in [0.29, 0.717) is 0 Å². The average Bonchev–Trinajstić information content (AvgIpc) is 2.61. The number of nitrogens with zero attached hydrogens (tertiary/aromatic N) is 1. The van der Waals surface area contributed by atoms with Crippen molar-refractivity contribution in [2.24, 2.45) is 0 Å². The molecule has 1 heterocycles. The molecule has 1 saturated heterocycles. The molecule has 3 nitrogen and oxygen atoms in total. The summed E-state index contributed by atoms with van der Waals surface area (Å²) in [7, 11) is 2.00. The van der Waals surface area contributed by atoms with Crippen LogP contribution in [-0.2, 0) is 17.8 Å². The molecule has 1 aromatic carbocycles. The zero-order valence-corrected chi connectivity index (χ0v) is 10.6. The van der Waals surface area contributed by atoms with Crippen molar-refractivity contribution in [2.75, 3.05) is 33.4 Å². The molecule has 1 N–H and O–H groups in total. The minimum Gasteiger partial charge on any atom is -0.380 e. The molecular weight excluding hydrogens is 212 g/mol. The van der Waals surface area contributed by atoms with E-state index in [9.17, 15) is 0 Å². The second-order valence-corrected chi connectivity index (χ2v) is 4.54. The minimum absolute atomic E-state index is 0.869. The molecule has 0 radical (unpaired) electrons. The van der Waals surface area contributed by atoms with Crippen molar-refractivity contribution in [3.8, 4) is 0 Å². The van der Waals surface area contributed by atoms with Gasteiger partial charge in [0, 0.05) is 32.8 Å². The topological polar surface area (TPSA) is 24.5 Å². The molecule has 17 heavy (non-hydrogen) atoms. The minimum atomic E-state index is 0.869. The molecular formula is C14H22N2O. The van der Waals surface area contributed by atoms with Crippen LogP contribution in [0.3, 0.4) is 0 Å². The van der Waals surface area contributed by atoms with Crippen molar-refractivity contribution in [1.82, 2.24) is 10.2 Å². The first-order chi connectivity index (χ1) is 8.40. The molecule has 0 unspecified atom stereocenters. The Morgan fingerprint density at radius 2 is 2.00 bits per heavy atom. The summed E-state index contributed by atoms with van der Waals surface area (Å²) in [6.07, 6.45) is 1.15. The van der Waals surface area contributed by atoms with Gasteiger partial charge in [0.05, 0.1) is 6.61 Å². The molecule has 2 rings (SSSR count). The molecule has 0 aromatic heterocycles. The fraction of sp³-hybridized carbons (Fsp3) is 0.571. The van der Waals surface area contributed by atoms with E-state index in [2.05, 4.69) is 34.5 Å². The molecule has 0 bridgehead atoms. The van der Waals surface area contributed by atoms with Gasteiger partial charge in [0.15, 0.2) is 0 Å². The van der Waals surface area contributed by atoms with Crippen LogP contribution in [0.25, 0.3) is 0 Å². The SMILES string of the molecule is CNCc1ccccc1CN1CCCOCC1. The summed E-state index contributed by atoms with van der Waals surface area (Å²) >= 11 is 0. The maximum atomic E-state index is 5.49. The van der Waals surface area contributed by atoms with Gasteiger partial charge < -0.3 is 10.1 Å². The third kappa shape index (κ3) is 3.80. The summed E-state index contributed by atoms with van der Waals surface area (Å²) in [6.45, 7) is 5.96. The lowest BCUT2D eigenvalue weighted by Gasteiger charge is -2.20. The zero-order chi connectivity index (χ0) is 11.9. The van der Waals surface area contributed by atoms with E-state index in [4.69, 9.17) is 4.74 Å². The lowest BCUT2D eigenvalue weighted by molar-refractivity contribution is 0.140. The monoisotopic (exact) mass is 234 g/mol. The Kier molecular flexibility index (Phi) is 4.98. The van der Waals surface area contributed by atoms with E-state index < -0.39 is 0 Å². The Morgan fingerprint density at radius 3 is 2.82 bits per heavy atom. The number of benzene rings is 1. The Hall–Kier alpha value is -0.900. The van der Waals surface area contributed by atoms with Crippen LogP contribution in [0, 0.1) is 0 Å².